The molecule has 0 amide bonds. The van der Waals surface area contributed by atoms with Crippen LogP contribution in [-0.2, 0) is 9.53 Å². The smallest absolute Gasteiger partial charge is 0.328 e. The van der Waals surface area contributed by atoms with Crippen LogP contribution in [-0.4, -0.2) is 36.9 Å². The van der Waals surface area contributed by atoms with E-state index < -0.39 is 5.97 Å². The van der Waals surface area contributed by atoms with Gasteiger partial charge in [0.25, 0.3) is 0 Å². The minimum absolute atomic E-state index is 0.456. The molecule has 0 aromatic rings. The highest BCUT2D eigenvalue weighted by Crippen LogP contribution is 2.20. The zero-order valence-corrected chi connectivity index (χ0v) is 9.87. The summed E-state index contributed by atoms with van der Waals surface area (Å²) in [5, 5.41) is 11.7. The third-order valence-corrected chi connectivity index (χ3v) is 2.71. The zero-order valence-electron chi connectivity index (χ0n) is 9.87. The van der Waals surface area contributed by atoms with E-state index in [1.807, 2.05) is 0 Å². The average molecular weight is 227 g/mol. The van der Waals surface area contributed by atoms with Gasteiger partial charge in [0.15, 0.2) is 0 Å². The van der Waals surface area contributed by atoms with E-state index in [-0.39, 0.29) is 0 Å². The Kier molecular flexibility index (Phi) is 6.11. The number of ether oxygens (including phenoxy) is 1. The summed E-state index contributed by atoms with van der Waals surface area (Å²) in [6, 6.07) is 0. The van der Waals surface area contributed by atoms with Gasteiger partial charge in [0.1, 0.15) is 0 Å². The maximum Gasteiger partial charge on any atom is 0.328 e. The zero-order chi connectivity index (χ0) is 11.8. The van der Waals surface area contributed by atoms with Gasteiger partial charge in [-0.2, -0.15) is 0 Å². The number of hydrogen-bond acceptors (Lipinski definition) is 3. The Labute approximate surface area is 96.7 Å². The summed E-state index contributed by atoms with van der Waals surface area (Å²) in [4.78, 5) is 10.3. The molecule has 0 unspecified atom stereocenters. The lowest BCUT2D eigenvalue weighted by Gasteiger charge is -2.11. The van der Waals surface area contributed by atoms with E-state index in [9.17, 15) is 4.79 Å². The molecule has 4 heteroatoms. The van der Waals surface area contributed by atoms with Crippen molar-refractivity contribution in [3.8, 4) is 0 Å². The minimum atomic E-state index is -0.887. The summed E-state index contributed by atoms with van der Waals surface area (Å²) < 4.78 is 5.67. The predicted octanol–water partition coefficient (Wildman–Crippen LogP) is 1.57. The third-order valence-electron chi connectivity index (χ3n) is 2.71. The molecule has 0 heterocycles. The first-order valence-corrected chi connectivity index (χ1v) is 5.91. The standard InChI is InChI=1S/C12H21NO3/c1-10(8-12(14)15)9-13-6-7-16-11-4-2-3-5-11/h8,11,13H,2-7,9H2,1H3,(H,14,15). The van der Waals surface area contributed by atoms with E-state index >= 15 is 0 Å². The number of rotatable bonds is 7. The molecule has 0 aromatic carbocycles. The van der Waals surface area contributed by atoms with Crippen molar-refractivity contribution < 1.29 is 14.6 Å². The number of carboxylic acids is 1. The van der Waals surface area contributed by atoms with Crippen LogP contribution in [0.15, 0.2) is 11.6 Å². The fourth-order valence-electron chi connectivity index (χ4n) is 1.90. The molecular weight excluding hydrogens is 206 g/mol. The van der Waals surface area contributed by atoms with Crippen LogP contribution in [0.1, 0.15) is 32.6 Å². The molecular formula is C12H21NO3. The maximum atomic E-state index is 10.3. The molecule has 0 aromatic heterocycles. The van der Waals surface area contributed by atoms with Crippen LogP contribution in [0.3, 0.4) is 0 Å². The normalized spacial score (nSPS) is 17.9. The van der Waals surface area contributed by atoms with Crippen LogP contribution in [0, 0.1) is 0 Å². The monoisotopic (exact) mass is 227 g/mol. The molecule has 92 valence electrons. The van der Waals surface area contributed by atoms with E-state index in [1.165, 1.54) is 31.8 Å². The van der Waals surface area contributed by atoms with Crippen LogP contribution in [0.4, 0.5) is 0 Å². The summed E-state index contributed by atoms with van der Waals surface area (Å²) >= 11 is 0. The summed E-state index contributed by atoms with van der Waals surface area (Å²) in [6.45, 7) is 3.91. The SMILES string of the molecule is CC(=CC(=O)O)CNCCOC1CCCC1. The van der Waals surface area contributed by atoms with Crippen molar-refractivity contribution in [1.29, 1.82) is 0 Å². The van der Waals surface area contributed by atoms with Crippen molar-refractivity contribution in [2.24, 2.45) is 0 Å². The number of carboxylic acid groups (broad SMARTS) is 1. The maximum absolute atomic E-state index is 10.3. The molecule has 0 bridgehead atoms. The molecule has 4 nitrogen and oxygen atoms in total. The number of carbonyl (C=O) groups is 1. The number of aliphatic carboxylic acids is 1. The highest BCUT2D eigenvalue weighted by molar-refractivity contribution is 5.80. The second kappa shape index (κ2) is 7.41. The van der Waals surface area contributed by atoms with E-state index in [2.05, 4.69) is 5.32 Å². The molecule has 2 N–H and O–H groups in total. The Morgan fingerprint density at radius 3 is 2.81 bits per heavy atom. The van der Waals surface area contributed by atoms with E-state index in [4.69, 9.17) is 9.84 Å². The van der Waals surface area contributed by atoms with Crippen LogP contribution < -0.4 is 5.32 Å². The Bertz CT molecular complexity index is 245. The molecule has 1 rings (SSSR count). The van der Waals surface area contributed by atoms with Crippen molar-refractivity contribution in [2.45, 2.75) is 38.7 Å². The fraction of sp³-hybridized carbons (Fsp3) is 0.750. The van der Waals surface area contributed by atoms with Gasteiger partial charge >= 0.3 is 5.97 Å². The second-order valence-electron chi connectivity index (χ2n) is 4.28. The third kappa shape index (κ3) is 5.88. The van der Waals surface area contributed by atoms with Gasteiger partial charge < -0.3 is 15.2 Å². The highest BCUT2D eigenvalue weighted by atomic mass is 16.5. The first-order chi connectivity index (χ1) is 7.68. The van der Waals surface area contributed by atoms with Crippen LogP contribution in [0.2, 0.25) is 0 Å². The molecule has 16 heavy (non-hydrogen) atoms. The molecule has 0 atom stereocenters. The Morgan fingerprint density at radius 1 is 1.50 bits per heavy atom. The molecule has 0 saturated heterocycles. The topological polar surface area (TPSA) is 58.6 Å². The summed E-state index contributed by atoms with van der Waals surface area (Å²) in [5.74, 6) is -0.887. The largest absolute Gasteiger partial charge is 0.478 e. The van der Waals surface area contributed by atoms with Crippen molar-refractivity contribution in [2.75, 3.05) is 19.7 Å². The van der Waals surface area contributed by atoms with Crippen molar-refractivity contribution >= 4 is 5.97 Å². The van der Waals surface area contributed by atoms with Crippen LogP contribution in [0.5, 0.6) is 0 Å². The second-order valence-corrected chi connectivity index (χ2v) is 4.28. The lowest BCUT2D eigenvalue weighted by Crippen LogP contribution is -2.23. The van der Waals surface area contributed by atoms with Crippen molar-refractivity contribution in [3.05, 3.63) is 11.6 Å². The molecule has 1 saturated carbocycles. The fourth-order valence-corrected chi connectivity index (χ4v) is 1.90. The molecule has 0 spiro atoms. The van der Waals surface area contributed by atoms with Gasteiger partial charge in [-0.1, -0.05) is 18.4 Å². The Morgan fingerprint density at radius 2 is 2.19 bits per heavy atom. The van der Waals surface area contributed by atoms with Crippen molar-refractivity contribution in [3.63, 3.8) is 0 Å². The van der Waals surface area contributed by atoms with Gasteiger partial charge in [-0.25, -0.2) is 4.79 Å². The van der Waals surface area contributed by atoms with E-state index in [0.717, 1.165) is 12.1 Å². The predicted molar refractivity (Wildman–Crippen MR) is 62.5 cm³/mol. The van der Waals surface area contributed by atoms with Crippen LogP contribution in [0.25, 0.3) is 0 Å². The molecule has 1 fully saturated rings. The summed E-state index contributed by atoms with van der Waals surface area (Å²) in [5.41, 5.74) is 0.827. The van der Waals surface area contributed by atoms with E-state index in [0.29, 0.717) is 19.3 Å². The highest BCUT2D eigenvalue weighted by Gasteiger charge is 2.14. The lowest BCUT2D eigenvalue weighted by molar-refractivity contribution is -0.131. The molecule has 0 radical (unpaired) electrons. The van der Waals surface area contributed by atoms with Gasteiger partial charge in [-0.15, -0.1) is 0 Å². The molecule has 1 aliphatic carbocycles. The van der Waals surface area contributed by atoms with Gasteiger partial charge in [0.05, 0.1) is 12.7 Å². The summed E-state index contributed by atoms with van der Waals surface area (Å²) in [7, 11) is 0. The number of nitrogens with one attached hydrogen (secondary N) is 1. The molecule has 0 aliphatic heterocycles. The van der Waals surface area contributed by atoms with Gasteiger partial charge in [0, 0.05) is 19.2 Å². The summed E-state index contributed by atoms with van der Waals surface area (Å²) in [6.07, 6.45) is 6.65. The lowest BCUT2D eigenvalue weighted by atomic mass is 10.3. The first-order valence-electron chi connectivity index (χ1n) is 5.91. The minimum Gasteiger partial charge on any atom is -0.478 e. The quantitative estimate of drug-likeness (QED) is 0.512. The van der Waals surface area contributed by atoms with Gasteiger partial charge in [-0.05, 0) is 19.8 Å². The van der Waals surface area contributed by atoms with Gasteiger partial charge in [-0.3, -0.25) is 0 Å². The Hall–Kier alpha value is -0.870. The Balaban J connectivity index is 1.97. The van der Waals surface area contributed by atoms with Gasteiger partial charge in [0.2, 0.25) is 0 Å². The van der Waals surface area contributed by atoms with Crippen molar-refractivity contribution in [1.82, 2.24) is 5.32 Å². The first kappa shape index (κ1) is 13.2. The number of hydrogen-bond donors (Lipinski definition) is 2. The molecule has 1 aliphatic rings. The average Bonchev–Trinajstić information content (AvgIpc) is 2.68. The van der Waals surface area contributed by atoms with E-state index in [1.54, 1.807) is 6.92 Å². The van der Waals surface area contributed by atoms with Crippen LogP contribution >= 0.6 is 0 Å².